The zero-order valence-electron chi connectivity index (χ0n) is 9.43. The summed E-state index contributed by atoms with van der Waals surface area (Å²) in [7, 11) is 1.64. The number of ether oxygens (including phenoxy) is 1. The standard InChI is InChI=1S/C11H21NO2/c1-11(2,14-3)8-10(13)12-9-6-4-5-7-9/h9H,4-8H2,1-3H3,(H,12,13). The number of rotatable bonds is 4. The molecule has 0 aromatic carbocycles. The highest BCUT2D eigenvalue weighted by Gasteiger charge is 2.23. The molecule has 1 N–H and O–H groups in total. The van der Waals surface area contributed by atoms with Crippen LogP contribution in [0.15, 0.2) is 0 Å². The van der Waals surface area contributed by atoms with Crippen molar-refractivity contribution in [3.8, 4) is 0 Å². The number of amides is 1. The van der Waals surface area contributed by atoms with E-state index in [0.29, 0.717) is 12.5 Å². The van der Waals surface area contributed by atoms with Crippen molar-refractivity contribution in [1.82, 2.24) is 5.32 Å². The summed E-state index contributed by atoms with van der Waals surface area (Å²) >= 11 is 0. The minimum absolute atomic E-state index is 0.115. The molecule has 0 aromatic rings. The second-order valence-corrected chi connectivity index (χ2v) is 4.69. The second kappa shape index (κ2) is 4.78. The fraction of sp³-hybridized carbons (Fsp3) is 0.909. The molecule has 0 unspecified atom stereocenters. The smallest absolute Gasteiger partial charge is 0.223 e. The lowest BCUT2D eigenvalue weighted by atomic mass is 10.0. The molecule has 1 aliphatic rings. The van der Waals surface area contributed by atoms with E-state index in [-0.39, 0.29) is 11.5 Å². The van der Waals surface area contributed by atoms with Gasteiger partial charge in [-0.15, -0.1) is 0 Å². The summed E-state index contributed by atoms with van der Waals surface area (Å²) < 4.78 is 5.21. The molecule has 1 rings (SSSR count). The van der Waals surface area contributed by atoms with Gasteiger partial charge in [-0.2, -0.15) is 0 Å². The Kier molecular flexibility index (Phi) is 3.93. The van der Waals surface area contributed by atoms with Gasteiger partial charge in [-0.3, -0.25) is 4.79 Å². The first-order chi connectivity index (χ1) is 6.53. The quantitative estimate of drug-likeness (QED) is 0.750. The van der Waals surface area contributed by atoms with E-state index in [4.69, 9.17) is 4.74 Å². The van der Waals surface area contributed by atoms with Crippen molar-refractivity contribution in [3.63, 3.8) is 0 Å². The van der Waals surface area contributed by atoms with Crippen LogP contribution in [-0.4, -0.2) is 24.7 Å². The van der Waals surface area contributed by atoms with Crippen LogP contribution in [0.3, 0.4) is 0 Å². The highest BCUT2D eigenvalue weighted by Crippen LogP contribution is 2.19. The maximum absolute atomic E-state index is 11.6. The van der Waals surface area contributed by atoms with E-state index in [1.54, 1.807) is 7.11 Å². The summed E-state index contributed by atoms with van der Waals surface area (Å²) in [5.41, 5.74) is -0.345. The molecule has 0 aromatic heterocycles. The fourth-order valence-corrected chi connectivity index (χ4v) is 1.81. The monoisotopic (exact) mass is 199 g/mol. The first kappa shape index (κ1) is 11.5. The number of hydrogen-bond acceptors (Lipinski definition) is 2. The molecule has 0 saturated heterocycles. The molecule has 1 fully saturated rings. The Bertz CT molecular complexity index is 195. The van der Waals surface area contributed by atoms with Gasteiger partial charge >= 0.3 is 0 Å². The number of carbonyl (C=O) groups is 1. The number of carbonyl (C=O) groups excluding carboxylic acids is 1. The normalized spacial score (nSPS) is 18.5. The van der Waals surface area contributed by atoms with Gasteiger partial charge in [-0.05, 0) is 26.7 Å². The number of hydrogen-bond donors (Lipinski definition) is 1. The summed E-state index contributed by atoms with van der Waals surface area (Å²) in [5, 5.41) is 3.05. The molecule has 82 valence electrons. The van der Waals surface area contributed by atoms with Crippen molar-refractivity contribution in [2.24, 2.45) is 0 Å². The van der Waals surface area contributed by atoms with Crippen LogP contribution in [0.25, 0.3) is 0 Å². The van der Waals surface area contributed by atoms with Gasteiger partial charge in [-0.1, -0.05) is 12.8 Å². The van der Waals surface area contributed by atoms with Crippen molar-refractivity contribution in [3.05, 3.63) is 0 Å². The van der Waals surface area contributed by atoms with Crippen LogP contribution in [0.4, 0.5) is 0 Å². The SMILES string of the molecule is COC(C)(C)CC(=O)NC1CCCC1. The molecule has 0 spiro atoms. The van der Waals surface area contributed by atoms with Gasteiger partial charge in [-0.25, -0.2) is 0 Å². The molecular weight excluding hydrogens is 178 g/mol. The van der Waals surface area contributed by atoms with Gasteiger partial charge in [0.25, 0.3) is 0 Å². The van der Waals surface area contributed by atoms with Crippen LogP contribution in [0.2, 0.25) is 0 Å². The maximum atomic E-state index is 11.6. The largest absolute Gasteiger partial charge is 0.378 e. The third-order valence-electron chi connectivity index (χ3n) is 2.86. The predicted molar refractivity (Wildman–Crippen MR) is 56.1 cm³/mol. The molecular formula is C11H21NO2. The fourth-order valence-electron chi connectivity index (χ4n) is 1.81. The van der Waals surface area contributed by atoms with Gasteiger partial charge in [0.2, 0.25) is 5.91 Å². The van der Waals surface area contributed by atoms with Crippen LogP contribution in [0, 0.1) is 0 Å². The summed E-state index contributed by atoms with van der Waals surface area (Å²) in [6.45, 7) is 3.86. The molecule has 14 heavy (non-hydrogen) atoms. The average Bonchev–Trinajstić information content (AvgIpc) is 2.55. The summed E-state index contributed by atoms with van der Waals surface area (Å²) in [6, 6.07) is 0.412. The van der Waals surface area contributed by atoms with Gasteiger partial charge in [0, 0.05) is 13.2 Å². The summed E-state index contributed by atoms with van der Waals surface area (Å²) in [6.07, 6.45) is 5.22. The second-order valence-electron chi connectivity index (χ2n) is 4.69. The van der Waals surface area contributed by atoms with Crippen LogP contribution in [-0.2, 0) is 9.53 Å². The lowest BCUT2D eigenvalue weighted by molar-refractivity contribution is -0.126. The molecule has 1 amide bonds. The molecule has 3 nitrogen and oxygen atoms in total. The minimum Gasteiger partial charge on any atom is -0.378 e. The lowest BCUT2D eigenvalue weighted by Crippen LogP contribution is -2.38. The third-order valence-corrected chi connectivity index (χ3v) is 2.86. The first-order valence-electron chi connectivity index (χ1n) is 5.38. The van der Waals surface area contributed by atoms with Crippen LogP contribution < -0.4 is 5.32 Å². The number of methoxy groups -OCH3 is 1. The minimum atomic E-state index is -0.345. The zero-order chi connectivity index (χ0) is 10.6. The highest BCUT2D eigenvalue weighted by molar-refractivity contribution is 5.77. The molecule has 1 aliphatic carbocycles. The maximum Gasteiger partial charge on any atom is 0.223 e. The van der Waals surface area contributed by atoms with Crippen LogP contribution in [0.1, 0.15) is 46.0 Å². The first-order valence-corrected chi connectivity index (χ1v) is 5.38. The van der Waals surface area contributed by atoms with E-state index in [9.17, 15) is 4.79 Å². The van der Waals surface area contributed by atoms with Crippen molar-refractivity contribution in [2.75, 3.05) is 7.11 Å². The number of nitrogens with one attached hydrogen (secondary N) is 1. The Hall–Kier alpha value is -0.570. The molecule has 0 aliphatic heterocycles. The van der Waals surface area contributed by atoms with Gasteiger partial charge in [0.05, 0.1) is 12.0 Å². The topological polar surface area (TPSA) is 38.3 Å². The Morgan fingerprint density at radius 3 is 2.50 bits per heavy atom. The molecule has 3 heteroatoms. The molecule has 0 heterocycles. The van der Waals surface area contributed by atoms with Gasteiger partial charge in [0.1, 0.15) is 0 Å². The lowest BCUT2D eigenvalue weighted by Gasteiger charge is -2.23. The summed E-state index contributed by atoms with van der Waals surface area (Å²) in [4.78, 5) is 11.6. The highest BCUT2D eigenvalue weighted by atomic mass is 16.5. The molecule has 0 radical (unpaired) electrons. The molecule has 0 atom stereocenters. The van der Waals surface area contributed by atoms with Crippen LogP contribution >= 0.6 is 0 Å². The Morgan fingerprint density at radius 1 is 1.43 bits per heavy atom. The van der Waals surface area contributed by atoms with Gasteiger partial charge in [0.15, 0.2) is 0 Å². The van der Waals surface area contributed by atoms with Crippen molar-refractivity contribution in [2.45, 2.75) is 57.6 Å². The van der Waals surface area contributed by atoms with E-state index >= 15 is 0 Å². The van der Waals surface area contributed by atoms with Crippen molar-refractivity contribution in [1.29, 1.82) is 0 Å². The average molecular weight is 199 g/mol. The Balaban J connectivity index is 2.27. The van der Waals surface area contributed by atoms with E-state index in [0.717, 1.165) is 12.8 Å². The zero-order valence-corrected chi connectivity index (χ0v) is 9.43. The van der Waals surface area contributed by atoms with E-state index < -0.39 is 0 Å². The molecule has 0 bridgehead atoms. The van der Waals surface area contributed by atoms with E-state index in [2.05, 4.69) is 5.32 Å². The van der Waals surface area contributed by atoms with Crippen LogP contribution in [0.5, 0.6) is 0 Å². The third kappa shape index (κ3) is 3.66. The van der Waals surface area contributed by atoms with E-state index in [1.165, 1.54) is 12.8 Å². The summed E-state index contributed by atoms with van der Waals surface area (Å²) in [5.74, 6) is 0.115. The van der Waals surface area contributed by atoms with Crippen molar-refractivity contribution < 1.29 is 9.53 Å². The van der Waals surface area contributed by atoms with Gasteiger partial charge < -0.3 is 10.1 Å². The molecule has 1 saturated carbocycles. The Morgan fingerprint density at radius 2 is 2.00 bits per heavy atom. The Labute approximate surface area is 86.2 Å². The van der Waals surface area contributed by atoms with E-state index in [1.807, 2.05) is 13.8 Å². The van der Waals surface area contributed by atoms with Crippen molar-refractivity contribution >= 4 is 5.91 Å². The predicted octanol–water partition coefficient (Wildman–Crippen LogP) is 1.86.